The number of piperidine rings is 1. The summed E-state index contributed by atoms with van der Waals surface area (Å²) in [5, 5.41) is 16.6. The smallest absolute Gasteiger partial charge is 0.303 e. The topological polar surface area (TPSA) is 86.3 Å². The molecule has 0 saturated carbocycles. The average Bonchev–Trinajstić information content (AvgIpc) is 3.10. The van der Waals surface area contributed by atoms with E-state index in [1.807, 2.05) is 12.1 Å². The lowest BCUT2D eigenvalue weighted by atomic mass is 9.97. The fourth-order valence-corrected chi connectivity index (χ4v) is 3.34. The molecular formula is C18H20ClN3O3. The molecule has 2 aromatic rings. The number of hydrogen-bond acceptors (Lipinski definition) is 3. The van der Waals surface area contributed by atoms with Gasteiger partial charge in [0.05, 0.1) is 5.69 Å². The van der Waals surface area contributed by atoms with Crippen LogP contribution in [0.1, 0.15) is 42.6 Å². The molecule has 1 aliphatic rings. The Morgan fingerprint density at radius 2 is 2.04 bits per heavy atom. The van der Waals surface area contributed by atoms with Gasteiger partial charge in [-0.25, -0.2) is 0 Å². The molecule has 132 valence electrons. The normalized spacial score (nSPS) is 17.5. The first kappa shape index (κ1) is 17.5. The summed E-state index contributed by atoms with van der Waals surface area (Å²) in [7, 11) is 0. The van der Waals surface area contributed by atoms with Gasteiger partial charge in [0.2, 0.25) is 0 Å². The maximum atomic E-state index is 12.8. The van der Waals surface area contributed by atoms with Gasteiger partial charge < -0.3 is 10.0 Å². The summed E-state index contributed by atoms with van der Waals surface area (Å²) < 4.78 is 0. The number of carboxylic acids is 1. The number of nitrogens with zero attached hydrogens (tertiary/aromatic N) is 2. The number of carboxylic acid groups (broad SMARTS) is 1. The number of hydrogen-bond donors (Lipinski definition) is 2. The lowest BCUT2D eigenvalue weighted by Crippen LogP contribution is -2.44. The first-order chi connectivity index (χ1) is 12.0. The van der Waals surface area contributed by atoms with Crippen LogP contribution in [0.2, 0.25) is 5.02 Å². The largest absolute Gasteiger partial charge is 0.481 e. The highest BCUT2D eigenvalue weighted by molar-refractivity contribution is 6.30. The zero-order valence-corrected chi connectivity index (χ0v) is 14.5. The second-order valence-corrected chi connectivity index (χ2v) is 6.69. The molecule has 1 aromatic carbocycles. The van der Waals surface area contributed by atoms with Crippen molar-refractivity contribution in [2.75, 3.05) is 6.54 Å². The zero-order valence-electron chi connectivity index (χ0n) is 13.7. The van der Waals surface area contributed by atoms with Crippen LogP contribution >= 0.6 is 11.6 Å². The van der Waals surface area contributed by atoms with Gasteiger partial charge in [-0.1, -0.05) is 23.7 Å². The van der Waals surface area contributed by atoms with Crippen LogP contribution in [0.25, 0.3) is 11.3 Å². The number of halogens is 1. The molecule has 1 amide bonds. The summed E-state index contributed by atoms with van der Waals surface area (Å²) in [5.74, 6) is -0.952. The van der Waals surface area contributed by atoms with Crippen molar-refractivity contribution in [3.05, 3.63) is 41.0 Å². The summed E-state index contributed by atoms with van der Waals surface area (Å²) in [6.45, 7) is 0.651. The van der Waals surface area contributed by atoms with Crippen molar-refractivity contribution in [3.8, 4) is 11.3 Å². The fourth-order valence-electron chi connectivity index (χ4n) is 3.21. The SMILES string of the molecule is O=C(O)CCC1CCCCN1C(=O)c1cc(-c2ccc(Cl)cc2)n[nH]1. The third kappa shape index (κ3) is 4.20. The Morgan fingerprint density at radius 1 is 1.28 bits per heavy atom. The van der Waals surface area contributed by atoms with Gasteiger partial charge in [-0.05, 0) is 43.9 Å². The lowest BCUT2D eigenvalue weighted by molar-refractivity contribution is -0.137. The summed E-state index contributed by atoms with van der Waals surface area (Å²) in [6.07, 6.45) is 3.37. The van der Waals surface area contributed by atoms with Crippen molar-refractivity contribution in [1.29, 1.82) is 0 Å². The monoisotopic (exact) mass is 361 g/mol. The number of nitrogens with one attached hydrogen (secondary N) is 1. The Bertz CT molecular complexity index is 757. The van der Waals surface area contributed by atoms with Crippen LogP contribution < -0.4 is 0 Å². The molecule has 0 spiro atoms. The number of aromatic amines is 1. The number of aromatic nitrogens is 2. The van der Waals surface area contributed by atoms with E-state index in [2.05, 4.69) is 10.2 Å². The molecular weight excluding hydrogens is 342 g/mol. The number of carbonyl (C=O) groups excluding carboxylic acids is 1. The summed E-state index contributed by atoms with van der Waals surface area (Å²) in [5.41, 5.74) is 1.98. The average molecular weight is 362 g/mol. The minimum absolute atomic E-state index is 0.0281. The van der Waals surface area contributed by atoms with Gasteiger partial charge in [0.15, 0.2) is 0 Å². The predicted molar refractivity (Wildman–Crippen MR) is 94.6 cm³/mol. The van der Waals surface area contributed by atoms with Gasteiger partial charge in [-0.3, -0.25) is 14.7 Å². The van der Waals surface area contributed by atoms with E-state index in [0.29, 0.717) is 29.4 Å². The number of benzene rings is 1. The second kappa shape index (κ2) is 7.70. The van der Waals surface area contributed by atoms with Crippen LogP contribution in [0.3, 0.4) is 0 Å². The minimum Gasteiger partial charge on any atom is -0.481 e. The van der Waals surface area contributed by atoms with E-state index in [4.69, 9.17) is 16.7 Å². The Hall–Kier alpha value is -2.34. The van der Waals surface area contributed by atoms with Gasteiger partial charge in [-0.15, -0.1) is 0 Å². The Kier molecular flexibility index (Phi) is 5.38. The van der Waals surface area contributed by atoms with E-state index < -0.39 is 5.97 Å². The van der Waals surface area contributed by atoms with E-state index in [1.165, 1.54) is 0 Å². The molecule has 0 bridgehead atoms. The van der Waals surface area contributed by atoms with Crippen molar-refractivity contribution < 1.29 is 14.7 Å². The Morgan fingerprint density at radius 3 is 2.76 bits per heavy atom. The Balaban J connectivity index is 1.75. The van der Waals surface area contributed by atoms with E-state index in [9.17, 15) is 9.59 Å². The van der Waals surface area contributed by atoms with Crippen molar-refractivity contribution >= 4 is 23.5 Å². The van der Waals surface area contributed by atoms with Crippen molar-refractivity contribution in [2.24, 2.45) is 0 Å². The summed E-state index contributed by atoms with van der Waals surface area (Å²) in [6, 6.07) is 8.96. The minimum atomic E-state index is -0.829. The maximum Gasteiger partial charge on any atom is 0.303 e. The highest BCUT2D eigenvalue weighted by atomic mass is 35.5. The van der Waals surface area contributed by atoms with Crippen LogP contribution in [-0.4, -0.2) is 44.7 Å². The molecule has 25 heavy (non-hydrogen) atoms. The van der Waals surface area contributed by atoms with Crippen LogP contribution in [-0.2, 0) is 4.79 Å². The standard InChI is InChI=1S/C18H20ClN3O3/c19-13-6-4-12(5-7-13)15-11-16(21-20-15)18(25)22-10-2-1-3-14(22)8-9-17(23)24/h4-7,11,14H,1-3,8-10H2,(H,20,21)(H,23,24). The van der Waals surface area contributed by atoms with Crippen LogP contribution in [0.5, 0.6) is 0 Å². The van der Waals surface area contributed by atoms with Crippen LogP contribution in [0.15, 0.2) is 30.3 Å². The van der Waals surface area contributed by atoms with Gasteiger partial charge in [0, 0.05) is 29.6 Å². The van der Waals surface area contributed by atoms with E-state index >= 15 is 0 Å². The molecule has 2 heterocycles. The molecule has 0 radical (unpaired) electrons. The van der Waals surface area contributed by atoms with Gasteiger partial charge in [0.25, 0.3) is 5.91 Å². The number of amides is 1. The second-order valence-electron chi connectivity index (χ2n) is 6.25. The molecule has 1 fully saturated rings. The molecule has 1 saturated heterocycles. The first-order valence-corrected chi connectivity index (χ1v) is 8.76. The predicted octanol–water partition coefficient (Wildman–Crippen LogP) is 3.59. The van der Waals surface area contributed by atoms with Gasteiger partial charge in [0.1, 0.15) is 5.69 Å². The molecule has 3 rings (SSSR count). The maximum absolute atomic E-state index is 12.8. The molecule has 1 unspecified atom stereocenters. The highest BCUT2D eigenvalue weighted by Crippen LogP contribution is 2.25. The molecule has 6 nitrogen and oxygen atoms in total. The van der Waals surface area contributed by atoms with E-state index in [-0.39, 0.29) is 18.4 Å². The molecule has 1 atom stereocenters. The van der Waals surface area contributed by atoms with Crippen molar-refractivity contribution in [2.45, 2.75) is 38.1 Å². The van der Waals surface area contributed by atoms with Crippen molar-refractivity contribution in [3.63, 3.8) is 0 Å². The number of carbonyl (C=O) groups is 2. The van der Waals surface area contributed by atoms with E-state index in [1.54, 1.807) is 23.1 Å². The third-order valence-corrected chi connectivity index (χ3v) is 4.78. The van der Waals surface area contributed by atoms with Crippen LogP contribution in [0.4, 0.5) is 0 Å². The molecule has 2 N–H and O–H groups in total. The summed E-state index contributed by atoms with van der Waals surface area (Å²) in [4.78, 5) is 25.5. The quantitative estimate of drug-likeness (QED) is 0.852. The Labute approximate surface area is 150 Å². The third-order valence-electron chi connectivity index (χ3n) is 4.53. The number of likely N-dealkylation sites (tertiary alicyclic amines) is 1. The highest BCUT2D eigenvalue weighted by Gasteiger charge is 2.28. The molecule has 1 aliphatic heterocycles. The molecule has 0 aliphatic carbocycles. The fraction of sp³-hybridized carbons (Fsp3) is 0.389. The van der Waals surface area contributed by atoms with Crippen molar-refractivity contribution in [1.82, 2.24) is 15.1 Å². The zero-order chi connectivity index (χ0) is 17.8. The van der Waals surface area contributed by atoms with Gasteiger partial charge >= 0.3 is 5.97 Å². The van der Waals surface area contributed by atoms with Gasteiger partial charge in [-0.2, -0.15) is 5.10 Å². The van der Waals surface area contributed by atoms with E-state index in [0.717, 1.165) is 24.8 Å². The molecule has 7 heteroatoms. The first-order valence-electron chi connectivity index (χ1n) is 8.38. The summed E-state index contributed by atoms with van der Waals surface area (Å²) >= 11 is 5.89. The number of aliphatic carboxylic acids is 1. The molecule has 1 aromatic heterocycles. The van der Waals surface area contributed by atoms with Crippen LogP contribution in [0, 0.1) is 0 Å². The lowest BCUT2D eigenvalue weighted by Gasteiger charge is -2.35. The number of rotatable bonds is 5. The number of H-pyrrole nitrogens is 1.